The Balaban J connectivity index is 1.61. The van der Waals surface area contributed by atoms with Crippen LogP contribution in [0.1, 0.15) is 18.4 Å². The number of ether oxygens (including phenoxy) is 2. The zero-order valence-electron chi connectivity index (χ0n) is 13.1. The van der Waals surface area contributed by atoms with Crippen molar-refractivity contribution in [1.29, 1.82) is 0 Å². The van der Waals surface area contributed by atoms with E-state index in [2.05, 4.69) is 0 Å². The molecule has 2 aliphatic rings. The predicted molar refractivity (Wildman–Crippen MR) is 81.8 cm³/mol. The summed E-state index contributed by atoms with van der Waals surface area (Å²) in [4.78, 5) is 25.3. The summed E-state index contributed by atoms with van der Waals surface area (Å²) in [7, 11) is 1.56. The first kappa shape index (κ1) is 15.8. The molecular weight excluding hydrogens is 298 g/mol. The summed E-state index contributed by atoms with van der Waals surface area (Å²) in [6.45, 7) is 0.963. The van der Waals surface area contributed by atoms with Crippen LogP contribution in [-0.4, -0.2) is 48.4 Å². The van der Waals surface area contributed by atoms with Gasteiger partial charge in [-0.1, -0.05) is 30.3 Å². The molecule has 124 valence electrons. The molecule has 1 saturated carbocycles. The van der Waals surface area contributed by atoms with Crippen molar-refractivity contribution < 1.29 is 24.2 Å². The van der Waals surface area contributed by atoms with Crippen LogP contribution in [0.3, 0.4) is 0 Å². The Kier molecular flexibility index (Phi) is 4.26. The number of methoxy groups -OCH3 is 1. The standard InChI is InChI=1S/C17H21NO5/c1-22-14-10-18(9-13(14)17(7-8-17)15(19)20)16(21)23-11-12-5-3-2-4-6-12/h2-6,13-14H,7-11H2,1H3,(H,19,20)/t13-,14?/m0/s1. The predicted octanol–water partition coefficient (Wildman–Crippen LogP) is 2.13. The highest BCUT2D eigenvalue weighted by molar-refractivity contribution is 5.79. The van der Waals surface area contributed by atoms with Crippen LogP contribution in [-0.2, 0) is 20.9 Å². The summed E-state index contributed by atoms with van der Waals surface area (Å²) in [6, 6.07) is 9.46. The maximum Gasteiger partial charge on any atom is 0.410 e. The van der Waals surface area contributed by atoms with Crippen LogP contribution < -0.4 is 0 Å². The van der Waals surface area contributed by atoms with E-state index in [1.165, 1.54) is 0 Å². The van der Waals surface area contributed by atoms with Gasteiger partial charge in [0.25, 0.3) is 0 Å². The van der Waals surface area contributed by atoms with Crippen molar-refractivity contribution in [3.05, 3.63) is 35.9 Å². The number of rotatable bonds is 5. The third-order valence-corrected chi connectivity index (χ3v) is 4.96. The molecule has 1 amide bonds. The molecular formula is C17H21NO5. The topological polar surface area (TPSA) is 76.1 Å². The van der Waals surface area contributed by atoms with Gasteiger partial charge in [0.05, 0.1) is 18.1 Å². The molecule has 1 unspecified atom stereocenters. The molecule has 0 aromatic heterocycles. The minimum Gasteiger partial charge on any atom is -0.481 e. The Morgan fingerprint density at radius 2 is 1.96 bits per heavy atom. The van der Waals surface area contributed by atoms with Gasteiger partial charge in [0.15, 0.2) is 0 Å². The Morgan fingerprint density at radius 1 is 1.26 bits per heavy atom. The first-order chi connectivity index (χ1) is 11.1. The van der Waals surface area contributed by atoms with Crippen LogP contribution >= 0.6 is 0 Å². The third kappa shape index (κ3) is 3.03. The number of carboxylic acid groups (broad SMARTS) is 1. The average molecular weight is 319 g/mol. The SMILES string of the molecule is COC1CN(C(=O)OCc2ccccc2)C[C@@H]1C1(C(=O)O)CC1. The number of likely N-dealkylation sites (tertiary alicyclic amines) is 1. The molecule has 1 aromatic rings. The number of carbonyl (C=O) groups is 2. The molecule has 0 bridgehead atoms. The van der Waals surface area contributed by atoms with Crippen LogP contribution in [0.25, 0.3) is 0 Å². The average Bonchev–Trinajstić information content (AvgIpc) is 3.27. The Hall–Kier alpha value is -2.08. The highest BCUT2D eigenvalue weighted by Gasteiger charge is 2.61. The molecule has 23 heavy (non-hydrogen) atoms. The van der Waals surface area contributed by atoms with E-state index in [1.807, 2.05) is 30.3 Å². The molecule has 2 atom stereocenters. The number of amides is 1. The lowest BCUT2D eigenvalue weighted by Gasteiger charge is -2.22. The summed E-state index contributed by atoms with van der Waals surface area (Å²) >= 11 is 0. The van der Waals surface area contributed by atoms with Crippen molar-refractivity contribution in [1.82, 2.24) is 4.90 Å². The Morgan fingerprint density at radius 3 is 2.52 bits per heavy atom. The van der Waals surface area contributed by atoms with E-state index in [4.69, 9.17) is 9.47 Å². The molecule has 1 N–H and O–H groups in total. The van der Waals surface area contributed by atoms with Crippen LogP contribution in [0.4, 0.5) is 4.79 Å². The number of aliphatic carboxylic acids is 1. The maximum atomic E-state index is 12.2. The summed E-state index contributed by atoms with van der Waals surface area (Å²) in [5.41, 5.74) is 0.193. The van der Waals surface area contributed by atoms with Gasteiger partial charge >= 0.3 is 12.1 Å². The highest BCUT2D eigenvalue weighted by atomic mass is 16.6. The Labute approximate surface area is 135 Å². The highest BCUT2D eigenvalue weighted by Crippen LogP contribution is 2.55. The van der Waals surface area contributed by atoms with Crippen molar-refractivity contribution in [2.45, 2.75) is 25.6 Å². The van der Waals surface area contributed by atoms with E-state index in [1.54, 1.807) is 12.0 Å². The molecule has 1 saturated heterocycles. The summed E-state index contributed by atoms with van der Waals surface area (Å²) in [5, 5.41) is 9.46. The molecule has 0 spiro atoms. The van der Waals surface area contributed by atoms with E-state index in [9.17, 15) is 14.7 Å². The first-order valence-corrected chi connectivity index (χ1v) is 7.78. The first-order valence-electron chi connectivity index (χ1n) is 7.78. The summed E-state index contributed by atoms with van der Waals surface area (Å²) < 4.78 is 10.8. The van der Waals surface area contributed by atoms with E-state index < -0.39 is 17.5 Å². The summed E-state index contributed by atoms with van der Waals surface area (Å²) in [5.74, 6) is -0.960. The van der Waals surface area contributed by atoms with Gasteiger partial charge in [0.1, 0.15) is 6.61 Å². The minimum absolute atomic E-state index is 0.172. The van der Waals surface area contributed by atoms with Crippen LogP contribution in [0.5, 0.6) is 0 Å². The van der Waals surface area contributed by atoms with Gasteiger partial charge in [-0.05, 0) is 18.4 Å². The smallest absolute Gasteiger partial charge is 0.410 e. The van der Waals surface area contributed by atoms with E-state index in [0.29, 0.717) is 25.9 Å². The molecule has 6 heteroatoms. The van der Waals surface area contributed by atoms with E-state index >= 15 is 0 Å². The van der Waals surface area contributed by atoms with Crippen LogP contribution in [0, 0.1) is 11.3 Å². The van der Waals surface area contributed by atoms with E-state index in [-0.39, 0.29) is 18.6 Å². The number of hydrogen-bond donors (Lipinski definition) is 1. The minimum atomic E-state index is -0.788. The molecule has 1 aliphatic carbocycles. The zero-order valence-corrected chi connectivity index (χ0v) is 13.1. The zero-order chi connectivity index (χ0) is 16.4. The quantitative estimate of drug-likeness (QED) is 0.900. The second-order valence-electron chi connectivity index (χ2n) is 6.29. The van der Waals surface area contributed by atoms with Gasteiger partial charge in [-0.2, -0.15) is 0 Å². The normalized spacial score (nSPS) is 25.2. The van der Waals surface area contributed by atoms with Gasteiger partial charge in [0.2, 0.25) is 0 Å². The van der Waals surface area contributed by atoms with Gasteiger partial charge in [-0.3, -0.25) is 4.79 Å². The lowest BCUT2D eigenvalue weighted by atomic mass is 9.86. The molecule has 6 nitrogen and oxygen atoms in total. The van der Waals surface area contributed by atoms with Gasteiger partial charge in [-0.15, -0.1) is 0 Å². The van der Waals surface area contributed by atoms with Crippen LogP contribution in [0.2, 0.25) is 0 Å². The van der Waals surface area contributed by atoms with Gasteiger partial charge in [-0.25, -0.2) is 4.79 Å². The Bertz CT molecular complexity index is 584. The monoisotopic (exact) mass is 319 g/mol. The summed E-state index contributed by atoms with van der Waals surface area (Å²) in [6.07, 6.45) is 0.636. The third-order valence-electron chi connectivity index (χ3n) is 4.96. The van der Waals surface area contributed by atoms with Crippen molar-refractivity contribution >= 4 is 12.1 Å². The second-order valence-corrected chi connectivity index (χ2v) is 6.29. The van der Waals surface area contributed by atoms with Crippen molar-refractivity contribution in [2.75, 3.05) is 20.2 Å². The van der Waals surface area contributed by atoms with Crippen LogP contribution in [0.15, 0.2) is 30.3 Å². The molecule has 2 fully saturated rings. The molecule has 1 heterocycles. The molecule has 0 radical (unpaired) electrons. The fourth-order valence-corrected chi connectivity index (χ4v) is 3.38. The number of carbonyl (C=O) groups excluding carboxylic acids is 1. The van der Waals surface area contributed by atoms with Crippen molar-refractivity contribution in [3.8, 4) is 0 Å². The molecule has 3 rings (SSSR count). The molecule has 1 aliphatic heterocycles. The van der Waals surface area contributed by atoms with E-state index in [0.717, 1.165) is 5.56 Å². The number of benzene rings is 1. The van der Waals surface area contributed by atoms with Crippen molar-refractivity contribution in [3.63, 3.8) is 0 Å². The van der Waals surface area contributed by atoms with Gasteiger partial charge < -0.3 is 19.5 Å². The maximum absolute atomic E-state index is 12.2. The number of carboxylic acids is 1. The second kappa shape index (κ2) is 6.20. The lowest BCUT2D eigenvalue weighted by Crippen LogP contribution is -2.34. The number of hydrogen-bond acceptors (Lipinski definition) is 4. The number of nitrogens with zero attached hydrogens (tertiary/aromatic N) is 1. The van der Waals surface area contributed by atoms with Gasteiger partial charge in [0, 0.05) is 19.6 Å². The fourth-order valence-electron chi connectivity index (χ4n) is 3.38. The van der Waals surface area contributed by atoms with Crippen molar-refractivity contribution in [2.24, 2.45) is 11.3 Å². The largest absolute Gasteiger partial charge is 0.481 e. The molecule has 1 aromatic carbocycles. The lowest BCUT2D eigenvalue weighted by molar-refractivity contribution is -0.147. The fraction of sp³-hybridized carbons (Fsp3) is 0.529.